The van der Waals surface area contributed by atoms with E-state index in [4.69, 9.17) is 27.9 Å². The van der Waals surface area contributed by atoms with Gasteiger partial charge in [-0.15, -0.1) is 5.73 Å². The summed E-state index contributed by atoms with van der Waals surface area (Å²) in [4.78, 5) is 8.15. The van der Waals surface area contributed by atoms with E-state index in [1.54, 1.807) is 29.1 Å². The van der Waals surface area contributed by atoms with Gasteiger partial charge in [0.15, 0.2) is 0 Å². The summed E-state index contributed by atoms with van der Waals surface area (Å²) in [6, 6.07) is 7.33. The number of anilines is 1. The number of hydrogen-bond acceptors (Lipinski definition) is 5. The third-order valence-corrected chi connectivity index (χ3v) is 4.46. The summed E-state index contributed by atoms with van der Waals surface area (Å²) in [6.45, 7) is 6.32. The minimum Gasteiger partial charge on any atom is -0.476 e. The molecule has 8 heteroatoms. The molecule has 0 amide bonds. The second-order valence-corrected chi connectivity index (χ2v) is 6.29. The summed E-state index contributed by atoms with van der Waals surface area (Å²) in [5.74, 6) is 1.14. The van der Waals surface area contributed by atoms with Crippen molar-refractivity contribution in [3.8, 4) is 11.6 Å². The second kappa shape index (κ2) is 8.73. The maximum absolute atomic E-state index is 6.38. The molecule has 0 saturated carbocycles. The molecule has 0 unspecified atom stereocenters. The van der Waals surface area contributed by atoms with E-state index in [0.29, 0.717) is 40.6 Å². The van der Waals surface area contributed by atoms with Crippen LogP contribution in [0.2, 0.25) is 10.0 Å². The zero-order chi connectivity index (χ0) is 19.2. The number of hydrogen-bond donors (Lipinski definition) is 1. The Hall–Kier alpha value is -2.79. The molecule has 0 bridgehead atoms. The maximum atomic E-state index is 6.38. The van der Waals surface area contributed by atoms with Crippen LogP contribution in [0.5, 0.6) is 5.88 Å². The van der Waals surface area contributed by atoms with Gasteiger partial charge in [0.2, 0.25) is 5.88 Å². The number of para-hydroxylation sites is 1. The first-order valence-electron chi connectivity index (χ1n) is 8.14. The van der Waals surface area contributed by atoms with Crippen LogP contribution >= 0.6 is 23.2 Å². The summed E-state index contributed by atoms with van der Waals surface area (Å²) >= 11 is 12.5. The van der Waals surface area contributed by atoms with Crippen molar-refractivity contribution in [2.75, 3.05) is 18.5 Å². The fourth-order valence-corrected chi connectivity index (χ4v) is 2.88. The number of rotatable bonds is 7. The van der Waals surface area contributed by atoms with Gasteiger partial charge in [-0.3, -0.25) is 0 Å². The highest BCUT2D eigenvalue weighted by Gasteiger charge is 2.13. The molecule has 0 aliphatic heterocycles. The van der Waals surface area contributed by atoms with E-state index in [9.17, 15) is 0 Å². The average Bonchev–Trinajstić information content (AvgIpc) is 3.10. The minimum atomic E-state index is 0.377. The van der Waals surface area contributed by atoms with Crippen molar-refractivity contribution in [3.05, 3.63) is 70.4 Å². The van der Waals surface area contributed by atoms with Crippen LogP contribution in [0.15, 0.2) is 49.1 Å². The fraction of sp³-hybridized carbons (Fsp3) is 0.158. The Balaban J connectivity index is 1.72. The molecule has 0 atom stereocenters. The standard InChI is InChI=1S/C19H17Cl2N5O/c1-3-5-14-6-4-7-15(20)18(14)26-16(8-9-25-26)27-11-10-22-19-17(21)13(2)23-12-24-19/h4-9,12H,1,10-11H2,2H3,(H,22,23,24). The highest BCUT2D eigenvalue weighted by molar-refractivity contribution is 6.33. The summed E-state index contributed by atoms with van der Waals surface area (Å²) < 4.78 is 7.50. The molecular weight excluding hydrogens is 385 g/mol. The normalized spacial score (nSPS) is 10.3. The molecule has 0 spiro atoms. The molecule has 2 aromatic heterocycles. The van der Waals surface area contributed by atoms with Crippen molar-refractivity contribution in [1.82, 2.24) is 19.7 Å². The Bertz CT molecular complexity index is 996. The van der Waals surface area contributed by atoms with Gasteiger partial charge < -0.3 is 10.1 Å². The van der Waals surface area contributed by atoms with Crippen LogP contribution in [0.3, 0.4) is 0 Å². The van der Waals surface area contributed by atoms with Crippen molar-refractivity contribution in [2.24, 2.45) is 0 Å². The average molecular weight is 402 g/mol. The lowest BCUT2D eigenvalue weighted by Gasteiger charge is -2.13. The number of aromatic nitrogens is 4. The van der Waals surface area contributed by atoms with Crippen LogP contribution in [-0.2, 0) is 0 Å². The zero-order valence-corrected chi connectivity index (χ0v) is 16.1. The second-order valence-electron chi connectivity index (χ2n) is 5.50. The van der Waals surface area contributed by atoms with Gasteiger partial charge in [0.25, 0.3) is 0 Å². The number of halogens is 2. The maximum Gasteiger partial charge on any atom is 0.216 e. The molecule has 0 fully saturated rings. The first-order valence-corrected chi connectivity index (χ1v) is 8.90. The zero-order valence-electron chi connectivity index (χ0n) is 14.6. The quantitative estimate of drug-likeness (QED) is 0.464. The van der Waals surface area contributed by atoms with Crippen molar-refractivity contribution >= 4 is 35.1 Å². The van der Waals surface area contributed by atoms with Crippen LogP contribution in [0.1, 0.15) is 11.3 Å². The van der Waals surface area contributed by atoms with Gasteiger partial charge in [-0.25, -0.2) is 9.97 Å². The summed E-state index contributed by atoms with van der Waals surface area (Å²) in [5.41, 5.74) is 5.03. The molecule has 6 nitrogen and oxygen atoms in total. The predicted molar refractivity (Wildman–Crippen MR) is 108 cm³/mol. The van der Waals surface area contributed by atoms with Gasteiger partial charge in [-0.1, -0.05) is 41.9 Å². The van der Waals surface area contributed by atoms with Gasteiger partial charge in [0.05, 0.1) is 29.1 Å². The Morgan fingerprint density at radius 1 is 1.30 bits per heavy atom. The van der Waals surface area contributed by atoms with Crippen LogP contribution in [0.25, 0.3) is 11.8 Å². The third kappa shape index (κ3) is 4.31. The van der Waals surface area contributed by atoms with E-state index >= 15 is 0 Å². The molecule has 3 aromatic rings. The molecule has 1 N–H and O–H groups in total. The molecule has 2 heterocycles. The number of aryl methyl sites for hydroxylation is 1. The molecule has 0 radical (unpaired) electrons. The third-order valence-electron chi connectivity index (χ3n) is 3.70. The van der Waals surface area contributed by atoms with Crippen LogP contribution in [-0.4, -0.2) is 32.9 Å². The van der Waals surface area contributed by atoms with Crippen molar-refractivity contribution in [1.29, 1.82) is 0 Å². The van der Waals surface area contributed by atoms with E-state index in [1.165, 1.54) is 6.33 Å². The lowest BCUT2D eigenvalue weighted by Crippen LogP contribution is -2.15. The van der Waals surface area contributed by atoms with Gasteiger partial charge >= 0.3 is 0 Å². The van der Waals surface area contributed by atoms with Crippen molar-refractivity contribution in [3.63, 3.8) is 0 Å². The highest BCUT2D eigenvalue weighted by Crippen LogP contribution is 2.28. The topological polar surface area (TPSA) is 64.9 Å². The minimum absolute atomic E-state index is 0.377. The van der Waals surface area contributed by atoms with Crippen LogP contribution in [0.4, 0.5) is 5.82 Å². The lowest BCUT2D eigenvalue weighted by atomic mass is 10.1. The van der Waals surface area contributed by atoms with E-state index in [2.05, 4.69) is 32.7 Å². The van der Waals surface area contributed by atoms with E-state index in [0.717, 1.165) is 11.3 Å². The molecule has 27 heavy (non-hydrogen) atoms. The molecule has 1 aromatic carbocycles. The van der Waals surface area contributed by atoms with Crippen LogP contribution in [0, 0.1) is 6.92 Å². The van der Waals surface area contributed by atoms with Gasteiger partial charge in [0.1, 0.15) is 23.8 Å². The SMILES string of the molecule is C=C=Cc1cccc(Cl)c1-n1nccc1OCCNc1ncnc(C)c1Cl. The van der Waals surface area contributed by atoms with Gasteiger partial charge in [0, 0.05) is 11.6 Å². The van der Waals surface area contributed by atoms with Crippen molar-refractivity contribution < 1.29 is 4.74 Å². The smallest absolute Gasteiger partial charge is 0.216 e. The number of ether oxygens (including phenoxy) is 1. The molecule has 0 aliphatic rings. The summed E-state index contributed by atoms with van der Waals surface area (Å²) in [6.07, 6.45) is 4.86. The Morgan fingerprint density at radius 3 is 2.96 bits per heavy atom. The molecule has 3 rings (SSSR count). The summed E-state index contributed by atoms with van der Waals surface area (Å²) in [5, 5.41) is 8.51. The fourth-order valence-electron chi connectivity index (χ4n) is 2.46. The van der Waals surface area contributed by atoms with E-state index in [-0.39, 0.29) is 0 Å². The summed E-state index contributed by atoms with van der Waals surface area (Å²) in [7, 11) is 0. The Kier molecular flexibility index (Phi) is 6.14. The monoisotopic (exact) mass is 401 g/mol. The highest BCUT2D eigenvalue weighted by atomic mass is 35.5. The molecular formula is C19H17Cl2N5O. The number of nitrogens with one attached hydrogen (secondary N) is 1. The largest absolute Gasteiger partial charge is 0.476 e. The van der Waals surface area contributed by atoms with Crippen molar-refractivity contribution in [2.45, 2.75) is 6.92 Å². The lowest BCUT2D eigenvalue weighted by molar-refractivity contribution is 0.310. The van der Waals surface area contributed by atoms with Crippen LogP contribution < -0.4 is 10.1 Å². The Labute approximate surface area is 167 Å². The van der Waals surface area contributed by atoms with Gasteiger partial charge in [-0.05, 0) is 19.1 Å². The molecule has 138 valence electrons. The van der Waals surface area contributed by atoms with Gasteiger partial charge in [-0.2, -0.15) is 9.78 Å². The first kappa shape index (κ1) is 19.0. The molecule has 0 saturated heterocycles. The predicted octanol–water partition coefficient (Wildman–Crippen LogP) is 4.57. The molecule has 0 aliphatic carbocycles. The van der Waals surface area contributed by atoms with E-state index < -0.39 is 0 Å². The van der Waals surface area contributed by atoms with E-state index in [1.807, 2.05) is 19.1 Å². The number of benzene rings is 1. The first-order chi connectivity index (χ1) is 13.1. The Morgan fingerprint density at radius 2 is 2.15 bits per heavy atom. The number of nitrogens with zero attached hydrogens (tertiary/aromatic N) is 4.